The normalized spacial score (nSPS) is 19.7. The number of benzene rings is 1. The molecule has 9 heteroatoms. The molecule has 0 bridgehead atoms. The molecule has 0 unspecified atom stereocenters. The zero-order chi connectivity index (χ0) is 20.0. The Hall–Kier alpha value is -2.23. The van der Waals surface area contributed by atoms with Crippen LogP contribution in [0, 0.1) is 11.8 Å². The highest BCUT2D eigenvalue weighted by atomic mass is 32.2. The second-order valence-corrected chi connectivity index (χ2v) is 9.52. The molecule has 1 fully saturated rings. The predicted molar refractivity (Wildman–Crippen MR) is 107 cm³/mol. The smallest absolute Gasteiger partial charge is 0.273 e. The van der Waals surface area contributed by atoms with Crippen molar-refractivity contribution in [2.75, 3.05) is 6.54 Å². The van der Waals surface area contributed by atoms with Gasteiger partial charge in [0, 0.05) is 12.5 Å². The van der Waals surface area contributed by atoms with Crippen molar-refractivity contribution in [3.05, 3.63) is 52.7 Å². The van der Waals surface area contributed by atoms with Crippen LogP contribution < -0.4 is 15.6 Å². The van der Waals surface area contributed by atoms with Gasteiger partial charge in [-0.05, 0) is 55.2 Å². The van der Waals surface area contributed by atoms with Crippen molar-refractivity contribution in [1.82, 2.24) is 15.6 Å². The lowest BCUT2D eigenvalue weighted by molar-refractivity contribution is -0.127. The zero-order valence-electron chi connectivity index (χ0n) is 15.3. The molecule has 1 aliphatic rings. The van der Waals surface area contributed by atoms with Crippen LogP contribution >= 0.6 is 11.3 Å². The summed E-state index contributed by atoms with van der Waals surface area (Å²) in [7, 11) is -3.51. The molecule has 2 amide bonds. The topological polar surface area (TPSA) is 104 Å². The highest BCUT2D eigenvalue weighted by Crippen LogP contribution is 2.28. The Bertz CT molecular complexity index is 891. The average Bonchev–Trinajstić information content (AvgIpc) is 3.26. The van der Waals surface area contributed by atoms with E-state index in [4.69, 9.17) is 0 Å². The van der Waals surface area contributed by atoms with Crippen LogP contribution in [0.2, 0.25) is 0 Å². The van der Waals surface area contributed by atoms with Gasteiger partial charge in [-0.2, -0.15) is 0 Å². The Balaban J connectivity index is 1.40. The monoisotopic (exact) mass is 421 g/mol. The number of hydrogen-bond donors (Lipinski definition) is 3. The molecule has 0 radical (unpaired) electrons. The first-order chi connectivity index (χ1) is 13.5. The van der Waals surface area contributed by atoms with Crippen LogP contribution in [0.3, 0.4) is 0 Å². The maximum Gasteiger partial charge on any atom is 0.279 e. The van der Waals surface area contributed by atoms with Crippen molar-refractivity contribution in [1.29, 1.82) is 0 Å². The summed E-state index contributed by atoms with van der Waals surface area (Å²) < 4.78 is 27.2. The summed E-state index contributed by atoms with van der Waals surface area (Å²) in [6.07, 6.45) is 2.85. The summed E-state index contributed by atoms with van der Waals surface area (Å²) in [6, 6.07) is 11.7. The molecule has 1 aromatic carbocycles. The second-order valence-electron chi connectivity index (χ2n) is 6.80. The fourth-order valence-electron chi connectivity index (χ4n) is 3.23. The van der Waals surface area contributed by atoms with Crippen molar-refractivity contribution >= 4 is 33.2 Å². The van der Waals surface area contributed by atoms with E-state index in [1.54, 1.807) is 47.8 Å². The maximum absolute atomic E-state index is 12.3. The predicted octanol–water partition coefficient (Wildman–Crippen LogP) is 2.29. The highest BCUT2D eigenvalue weighted by Gasteiger charge is 2.27. The molecule has 0 spiro atoms. The van der Waals surface area contributed by atoms with E-state index < -0.39 is 10.0 Å². The van der Waals surface area contributed by atoms with E-state index in [0.717, 1.165) is 12.8 Å². The van der Waals surface area contributed by atoms with E-state index in [2.05, 4.69) is 15.6 Å². The maximum atomic E-state index is 12.3. The minimum atomic E-state index is -3.51. The standard InChI is InChI=1S/C19H23N3O4S2/c23-18(21-22-19(24)17-7-4-12-27-17)15-10-8-14(9-11-15)13-20-28(25,26)16-5-2-1-3-6-16/h1-7,12,14-15,20H,8-11,13H2,(H,21,23)(H,22,24). The van der Waals surface area contributed by atoms with Crippen LogP contribution in [0.5, 0.6) is 0 Å². The largest absolute Gasteiger partial charge is 0.279 e. The summed E-state index contributed by atoms with van der Waals surface area (Å²) in [5, 5.41) is 1.80. The van der Waals surface area contributed by atoms with Crippen molar-refractivity contribution < 1.29 is 18.0 Å². The van der Waals surface area contributed by atoms with E-state index in [9.17, 15) is 18.0 Å². The molecule has 150 valence electrons. The van der Waals surface area contributed by atoms with Crippen LogP contribution in [0.15, 0.2) is 52.7 Å². The molecule has 0 atom stereocenters. The van der Waals surface area contributed by atoms with Gasteiger partial charge in [-0.1, -0.05) is 24.3 Å². The van der Waals surface area contributed by atoms with Crippen LogP contribution in [-0.4, -0.2) is 26.8 Å². The molecule has 1 heterocycles. The van der Waals surface area contributed by atoms with E-state index in [1.165, 1.54) is 11.3 Å². The fraction of sp³-hybridized carbons (Fsp3) is 0.368. The lowest BCUT2D eigenvalue weighted by Gasteiger charge is -2.27. The molecule has 2 aromatic rings. The Kier molecular flexibility index (Phi) is 6.82. The minimum absolute atomic E-state index is 0.175. The van der Waals surface area contributed by atoms with Gasteiger partial charge in [0.05, 0.1) is 9.77 Å². The number of carbonyl (C=O) groups excluding carboxylic acids is 2. The molecule has 0 aliphatic heterocycles. The molecule has 1 aliphatic carbocycles. The van der Waals surface area contributed by atoms with E-state index in [0.29, 0.717) is 24.3 Å². The number of carbonyl (C=O) groups is 2. The zero-order valence-corrected chi connectivity index (χ0v) is 16.9. The van der Waals surface area contributed by atoms with Crippen molar-refractivity contribution in [2.24, 2.45) is 11.8 Å². The third kappa shape index (κ3) is 5.40. The number of hydrazine groups is 1. The molecule has 7 nitrogen and oxygen atoms in total. The molecular weight excluding hydrogens is 398 g/mol. The number of sulfonamides is 1. The van der Waals surface area contributed by atoms with Gasteiger partial charge < -0.3 is 0 Å². The molecule has 3 rings (SSSR count). The van der Waals surface area contributed by atoms with Gasteiger partial charge >= 0.3 is 0 Å². The fourth-order valence-corrected chi connectivity index (χ4v) is 4.99. The summed E-state index contributed by atoms with van der Waals surface area (Å²) >= 11 is 1.30. The number of thiophene rings is 1. The molecule has 28 heavy (non-hydrogen) atoms. The van der Waals surface area contributed by atoms with Gasteiger partial charge in [0.25, 0.3) is 5.91 Å². The third-order valence-electron chi connectivity index (χ3n) is 4.88. The van der Waals surface area contributed by atoms with Gasteiger partial charge in [-0.3, -0.25) is 20.4 Å². The van der Waals surface area contributed by atoms with E-state index in [-0.39, 0.29) is 28.5 Å². The minimum Gasteiger partial charge on any atom is -0.273 e. The first-order valence-corrected chi connectivity index (χ1v) is 11.5. The summed E-state index contributed by atoms with van der Waals surface area (Å²) in [4.78, 5) is 24.9. The highest BCUT2D eigenvalue weighted by molar-refractivity contribution is 7.89. The molecule has 3 N–H and O–H groups in total. The molecule has 1 saturated carbocycles. The van der Waals surface area contributed by atoms with Crippen LogP contribution in [0.25, 0.3) is 0 Å². The summed E-state index contributed by atoms with van der Waals surface area (Å²) in [5.41, 5.74) is 4.93. The first-order valence-electron chi connectivity index (χ1n) is 9.14. The van der Waals surface area contributed by atoms with Gasteiger partial charge in [0.15, 0.2) is 0 Å². The van der Waals surface area contributed by atoms with Gasteiger partial charge in [-0.15, -0.1) is 11.3 Å². The Morgan fingerprint density at radius 1 is 0.964 bits per heavy atom. The first kappa shape index (κ1) is 20.5. The Labute approximate surface area is 168 Å². The van der Waals surface area contributed by atoms with Crippen molar-refractivity contribution in [3.8, 4) is 0 Å². The average molecular weight is 422 g/mol. The Morgan fingerprint density at radius 3 is 2.32 bits per heavy atom. The molecular formula is C19H23N3O4S2. The van der Waals surface area contributed by atoms with Crippen LogP contribution in [-0.2, 0) is 14.8 Å². The van der Waals surface area contributed by atoms with Crippen molar-refractivity contribution in [3.63, 3.8) is 0 Å². The Morgan fingerprint density at radius 2 is 1.68 bits per heavy atom. The van der Waals surface area contributed by atoms with E-state index >= 15 is 0 Å². The van der Waals surface area contributed by atoms with Gasteiger partial charge in [0.1, 0.15) is 0 Å². The van der Waals surface area contributed by atoms with E-state index in [1.807, 2.05) is 0 Å². The SMILES string of the molecule is O=C(NNC(=O)C1CCC(CNS(=O)(=O)c2ccccc2)CC1)c1cccs1. The molecule has 1 aromatic heterocycles. The lowest BCUT2D eigenvalue weighted by atomic mass is 9.82. The molecule has 0 saturated heterocycles. The van der Waals surface area contributed by atoms with Gasteiger partial charge in [-0.25, -0.2) is 13.1 Å². The second kappa shape index (κ2) is 9.31. The van der Waals surface area contributed by atoms with Crippen LogP contribution in [0.4, 0.5) is 0 Å². The summed E-state index contributed by atoms with van der Waals surface area (Å²) in [5.74, 6) is -0.505. The third-order valence-corrected chi connectivity index (χ3v) is 7.19. The number of rotatable bonds is 6. The van der Waals surface area contributed by atoms with Crippen molar-refractivity contribution in [2.45, 2.75) is 30.6 Å². The lowest BCUT2D eigenvalue weighted by Crippen LogP contribution is -2.45. The quantitative estimate of drug-likeness (QED) is 0.623. The number of hydrogen-bond acceptors (Lipinski definition) is 5. The summed E-state index contributed by atoms with van der Waals surface area (Å²) in [6.45, 7) is 0.362. The number of nitrogens with one attached hydrogen (secondary N) is 3. The number of amides is 2. The van der Waals surface area contributed by atoms with Gasteiger partial charge in [0.2, 0.25) is 15.9 Å². The van der Waals surface area contributed by atoms with Crippen LogP contribution in [0.1, 0.15) is 35.4 Å².